The Morgan fingerprint density at radius 1 is 0.849 bits per heavy atom. The van der Waals surface area contributed by atoms with E-state index in [1.165, 1.54) is 11.6 Å². The Morgan fingerprint density at radius 2 is 1.53 bits per heavy atom. The quantitative estimate of drug-likeness (QED) is 0.0390. The molecule has 0 fully saturated rings. The number of furan rings is 1. The summed E-state index contributed by atoms with van der Waals surface area (Å²) < 4.78 is 14.1. The van der Waals surface area contributed by atoms with E-state index in [0.29, 0.717) is 29.5 Å². The van der Waals surface area contributed by atoms with Gasteiger partial charge in [-0.25, -0.2) is 0 Å². The van der Waals surface area contributed by atoms with Crippen molar-refractivity contribution in [3.63, 3.8) is 0 Å². The molecule has 4 N–H and O–H groups in total. The zero-order valence-electron chi connectivity index (χ0n) is 31.1. The highest BCUT2D eigenvalue weighted by Gasteiger charge is 2.23. The molecule has 1 aromatic heterocycles. The average molecular weight is 947 g/mol. The number of carbonyl (C=O) groups excluding carboxylic acids is 1. The number of aromatic hydroxyl groups is 3. The predicted octanol–water partition coefficient (Wildman–Crippen LogP) is 9.89. The Kier molecular flexibility index (Phi) is 17.2. The van der Waals surface area contributed by atoms with E-state index in [1.807, 2.05) is 54.6 Å². The Bertz CT molecular complexity index is 1880. The molecule has 1 unspecified atom stereocenters. The molecule has 0 bridgehead atoms. The second-order valence-electron chi connectivity index (χ2n) is 13.1. The van der Waals surface area contributed by atoms with Crippen molar-refractivity contribution in [1.29, 1.82) is 0 Å². The minimum atomic E-state index is -0.0843. The van der Waals surface area contributed by atoms with Gasteiger partial charge in [-0.3, -0.25) is 4.79 Å². The van der Waals surface area contributed by atoms with Gasteiger partial charge >= 0.3 is 0 Å². The molecule has 0 radical (unpaired) electrons. The zero-order valence-corrected chi connectivity index (χ0v) is 35.4. The van der Waals surface area contributed by atoms with E-state index >= 15 is 0 Å². The van der Waals surface area contributed by atoms with Crippen LogP contribution in [0.4, 0.5) is 0 Å². The fourth-order valence-electron chi connectivity index (χ4n) is 5.98. The van der Waals surface area contributed by atoms with E-state index in [0.717, 1.165) is 99.9 Å². The summed E-state index contributed by atoms with van der Waals surface area (Å²) in [4.78, 5) is 15.9. The number of phenols is 3. The van der Waals surface area contributed by atoms with Crippen molar-refractivity contribution in [2.24, 2.45) is 0 Å². The summed E-state index contributed by atoms with van der Waals surface area (Å²) in [6.07, 6.45) is 5.61. The number of phenolic OH excluding ortho intramolecular Hbond substituents is 3. The van der Waals surface area contributed by atoms with Crippen LogP contribution in [0.5, 0.6) is 23.0 Å². The summed E-state index contributed by atoms with van der Waals surface area (Å²) in [7, 11) is 0. The number of unbranched alkanes of at least 4 members (excludes halogenated alkanes) is 1. The van der Waals surface area contributed by atoms with E-state index < -0.39 is 0 Å². The summed E-state index contributed by atoms with van der Waals surface area (Å²) in [6, 6.07) is 24.3. The second kappa shape index (κ2) is 21.5. The number of nitrogens with zero attached hydrogens (tertiary/aromatic N) is 1. The Morgan fingerprint density at radius 3 is 2.19 bits per heavy atom. The average Bonchev–Trinajstić information content (AvgIpc) is 3.53. The van der Waals surface area contributed by atoms with Crippen LogP contribution in [-0.4, -0.2) is 64.8 Å². The Balaban J connectivity index is 0.000000251. The minimum Gasteiger partial charge on any atom is -0.508 e. The third-order valence-corrected chi connectivity index (χ3v) is 10.8. The molecule has 1 atom stereocenters. The molecule has 1 heterocycles. The van der Waals surface area contributed by atoms with E-state index in [2.05, 4.69) is 83.1 Å². The van der Waals surface area contributed by atoms with E-state index in [1.54, 1.807) is 18.2 Å². The lowest BCUT2D eigenvalue weighted by Gasteiger charge is -2.19. The van der Waals surface area contributed by atoms with Gasteiger partial charge in [0.05, 0.1) is 12.7 Å². The number of benzene rings is 4. The summed E-state index contributed by atoms with van der Waals surface area (Å²) >= 11 is 4.54. The summed E-state index contributed by atoms with van der Waals surface area (Å²) in [5, 5.41) is 32.3. The lowest BCUT2D eigenvalue weighted by Crippen LogP contribution is -2.28. The van der Waals surface area contributed by atoms with Crippen LogP contribution in [0.3, 0.4) is 0 Å². The minimum absolute atomic E-state index is 0.0153. The molecular formula is C43H52I2N2O6. The zero-order chi connectivity index (χ0) is 38.3. The van der Waals surface area contributed by atoms with Gasteiger partial charge in [0.1, 0.15) is 29.4 Å². The number of rotatable bonds is 18. The van der Waals surface area contributed by atoms with Crippen molar-refractivity contribution < 1.29 is 29.3 Å². The number of ketones is 1. The first kappa shape index (κ1) is 42.4. The van der Waals surface area contributed by atoms with Gasteiger partial charge in [0.25, 0.3) is 0 Å². The molecule has 0 saturated carbocycles. The third kappa shape index (κ3) is 12.6. The van der Waals surface area contributed by atoms with E-state index in [4.69, 9.17) is 9.15 Å². The van der Waals surface area contributed by atoms with Crippen LogP contribution in [0.1, 0.15) is 79.8 Å². The van der Waals surface area contributed by atoms with E-state index in [-0.39, 0.29) is 17.3 Å². The fourth-order valence-corrected chi connectivity index (χ4v) is 8.06. The molecule has 0 saturated heterocycles. The molecule has 4 aromatic carbocycles. The van der Waals surface area contributed by atoms with Gasteiger partial charge in [0, 0.05) is 30.0 Å². The Hall–Kier alpha value is -3.33. The molecule has 0 spiro atoms. The standard InChI is InChI=1S/C25H29I2NO3.C18H23NO3/c1-4-7-11-22-23(18-10-8-9-12-21(18)31-22)24(29)17-15-19(26)25(20(27)16-17)30-14-13-28(5-2)6-3;1-13(2-3-14-4-7-16(20)8-5-14)19-11-10-15-6-9-17(21)18(22)12-15/h8-10,12,15-16H,4-7,11,13-14H2,1-3H3;4-9,12-13,19-22H,2-3,10-11H2,1H3. The molecule has 0 amide bonds. The van der Waals surface area contributed by atoms with Crippen molar-refractivity contribution in [2.45, 2.75) is 72.3 Å². The molecule has 5 aromatic rings. The number of aryl methyl sites for hydroxylation is 2. The largest absolute Gasteiger partial charge is 0.508 e. The van der Waals surface area contributed by atoms with Gasteiger partial charge in [0.15, 0.2) is 17.3 Å². The van der Waals surface area contributed by atoms with Gasteiger partial charge in [0.2, 0.25) is 0 Å². The van der Waals surface area contributed by atoms with Crippen molar-refractivity contribution in [2.75, 3.05) is 32.8 Å². The smallest absolute Gasteiger partial charge is 0.197 e. The van der Waals surface area contributed by atoms with Crippen LogP contribution in [0.15, 0.2) is 83.3 Å². The van der Waals surface area contributed by atoms with Crippen molar-refractivity contribution in [1.82, 2.24) is 10.2 Å². The highest BCUT2D eigenvalue weighted by atomic mass is 127. The van der Waals surface area contributed by atoms with Gasteiger partial charge in [-0.15, -0.1) is 0 Å². The lowest BCUT2D eigenvalue weighted by molar-refractivity contribution is 0.103. The maximum Gasteiger partial charge on any atom is 0.197 e. The summed E-state index contributed by atoms with van der Waals surface area (Å²) in [6.45, 7) is 13.0. The first-order chi connectivity index (χ1) is 25.5. The maximum atomic E-state index is 13.6. The van der Waals surface area contributed by atoms with Crippen LogP contribution in [0, 0.1) is 7.14 Å². The second-order valence-corrected chi connectivity index (χ2v) is 15.4. The number of ether oxygens (including phenoxy) is 1. The van der Waals surface area contributed by atoms with Gasteiger partial charge in [-0.05, 0) is 151 Å². The van der Waals surface area contributed by atoms with Crippen LogP contribution in [-0.2, 0) is 19.3 Å². The summed E-state index contributed by atoms with van der Waals surface area (Å²) in [5.74, 6) is 1.80. The molecule has 10 heteroatoms. The van der Waals surface area contributed by atoms with Crippen LogP contribution >= 0.6 is 45.2 Å². The Labute approximate surface area is 341 Å². The number of para-hydroxylation sites is 1. The maximum absolute atomic E-state index is 13.6. The molecular weight excluding hydrogens is 894 g/mol. The summed E-state index contributed by atoms with van der Waals surface area (Å²) in [5.41, 5.74) is 4.36. The normalized spacial score (nSPS) is 11.8. The predicted molar refractivity (Wildman–Crippen MR) is 231 cm³/mol. The van der Waals surface area contributed by atoms with Crippen LogP contribution in [0.25, 0.3) is 11.0 Å². The lowest BCUT2D eigenvalue weighted by atomic mass is 9.98. The van der Waals surface area contributed by atoms with Gasteiger partial charge in [-0.1, -0.05) is 63.6 Å². The molecule has 284 valence electrons. The van der Waals surface area contributed by atoms with Crippen molar-refractivity contribution in [3.8, 4) is 23.0 Å². The monoisotopic (exact) mass is 946 g/mol. The molecule has 8 nitrogen and oxygen atoms in total. The van der Waals surface area contributed by atoms with Crippen molar-refractivity contribution in [3.05, 3.63) is 114 Å². The first-order valence-corrected chi connectivity index (χ1v) is 20.6. The van der Waals surface area contributed by atoms with Crippen LogP contribution < -0.4 is 10.1 Å². The molecule has 5 rings (SSSR count). The molecule has 0 aliphatic heterocycles. The van der Waals surface area contributed by atoms with Crippen LogP contribution in [0.2, 0.25) is 0 Å². The van der Waals surface area contributed by atoms with Gasteiger partial charge in [-0.2, -0.15) is 0 Å². The van der Waals surface area contributed by atoms with E-state index in [9.17, 15) is 20.1 Å². The number of hydrogen-bond acceptors (Lipinski definition) is 8. The third-order valence-electron chi connectivity index (χ3n) is 9.21. The highest BCUT2D eigenvalue weighted by Crippen LogP contribution is 2.33. The number of halogens is 2. The topological polar surface area (TPSA) is 115 Å². The molecule has 0 aliphatic rings. The number of likely N-dealkylation sites (N-methyl/N-ethyl adjacent to an activating group) is 1. The van der Waals surface area contributed by atoms with Crippen molar-refractivity contribution >= 4 is 61.9 Å². The fraction of sp³-hybridized carbons (Fsp3) is 0.372. The number of fused-ring (bicyclic) bond motifs is 1. The van der Waals surface area contributed by atoms with Gasteiger partial charge < -0.3 is 34.7 Å². The number of hydrogen-bond donors (Lipinski definition) is 4. The SMILES string of the molecule is CC(CCc1ccc(O)cc1)NCCc1ccc(O)c(O)c1.CCCCc1oc2ccccc2c1C(=O)c1cc(I)c(OCCN(CC)CC)c(I)c1. The number of nitrogens with one attached hydrogen (secondary N) is 1. The molecule has 53 heavy (non-hydrogen) atoms. The highest BCUT2D eigenvalue weighted by molar-refractivity contribution is 14.1. The molecule has 0 aliphatic carbocycles. The number of carbonyl (C=O) groups is 1. The first-order valence-electron chi connectivity index (χ1n) is 18.5.